The van der Waals surface area contributed by atoms with E-state index in [2.05, 4.69) is 21.2 Å². The Morgan fingerprint density at radius 1 is 1.23 bits per heavy atom. The van der Waals surface area contributed by atoms with Crippen LogP contribution in [0.1, 0.15) is 10.4 Å². The second kappa shape index (κ2) is 7.04. The van der Waals surface area contributed by atoms with Crippen molar-refractivity contribution in [1.29, 1.82) is 0 Å². The van der Waals surface area contributed by atoms with E-state index in [1.54, 1.807) is 6.07 Å². The first-order chi connectivity index (χ1) is 10.5. The zero-order valence-corrected chi connectivity index (χ0v) is 12.8. The number of carboxylic acid groups (broad SMARTS) is 1. The van der Waals surface area contributed by atoms with Crippen LogP contribution in [0.25, 0.3) is 0 Å². The molecule has 0 atom stereocenters. The number of hydrogen-bond acceptors (Lipinski definition) is 3. The maximum atomic E-state index is 13.4. The maximum absolute atomic E-state index is 13.4. The molecular weight excluding hydrogens is 357 g/mol. The summed E-state index contributed by atoms with van der Waals surface area (Å²) in [4.78, 5) is 22.5. The van der Waals surface area contributed by atoms with E-state index >= 15 is 0 Å². The van der Waals surface area contributed by atoms with Gasteiger partial charge in [-0.05, 0) is 46.3 Å². The largest absolute Gasteiger partial charge is 0.483 e. The number of carbonyl (C=O) groups is 2. The molecule has 1 amide bonds. The fraction of sp³-hybridized carbons (Fsp3) is 0.0667. The summed E-state index contributed by atoms with van der Waals surface area (Å²) < 4.78 is 19.1. The van der Waals surface area contributed by atoms with Crippen molar-refractivity contribution in [2.24, 2.45) is 0 Å². The number of amides is 1. The molecule has 22 heavy (non-hydrogen) atoms. The molecule has 2 N–H and O–H groups in total. The number of anilines is 1. The predicted octanol–water partition coefficient (Wildman–Crippen LogP) is 3.30. The highest BCUT2D eigenvalue weighted by atomic mass is 79.9. The highest BCUT2D eigenvalue weighted by Gasteiger charge is 2.10. The lowest BCUT2D eigenvalue weighted by Gasteiger charge is -2.09. The Morgan fingerprint density at radius 2 is 1.95 bits per heavy atom. The van der Waals surface area contributed by atoms with Gasteiger partial charge in [-0.2, -0.15) is 0 Å². The van der Waals surface area contributed by atoms with Crippen LogP contribution in [0.5, 0.6) is 5.75 Å². The molecular formula is C15H11BrFNO4. The van der Waals surface area contributed by atoms with Gasteiger partial charge in [0.05, 0.1) is 15.7 Å². The van der Waals surface area contributed by atoms with Crippen LogP contribution < -0.4 is 10.1 Å². The van der Waals surface area contributed by atoms with E-state index < -0.39 is 17.7 Å². The average Bonchev–Trinajstić information content (AvgIpc) is 2.48. The number of benzene rings is 2. The standard InChI is InChI=1S/C15H11BrFNO4/c16-10-7-9(15(20)21)5-6-13(10)22-8-14(19)18-12-4-2-1-3-11(12)17/h1-7H,8H2,(H,18,19)(H,20,21). The zero-order chi connectivity index (χ0) is 16.1. The Morgan fingerprint density at radius 3 is 2.59 bits per heavy atom. The molecule has 0 aromatic heterocycles. The molecule has 0 saturated heterocycles. The minimum absolute atomic E-state index is 0.0661. The van der Waals surface area contributed by atoms with Crippen molar-refractivity contribution in [3.63, 3.8) is 0 Å². The molecule has 0 heterocycles. The smallest absolute Gasteiger partial charge is 0.335 e. The molecule has 0 fully saturated rings. The third-order valence-corrected chi connectivity index (χ3v) is 3.31. The number of nitrogens with one attached hydrogen (secondary N) is 1. The Kier molecular flexibility index (Phi) is 5.11. The summed E-state index contributed by atoms with van der Waals surface area (Å²) >= 11 is 3.16. The molecule has 2 aromatic rings. The lowest BCUT2D eigenvalue weighted by molar-refractivity contribution is -0.118. The Balaban J connectivity index is 1.97. The summed E-state index contributed by atoms with van der Waals surface area (Å²) in [7, 11) is 0. The highest BCUT2D eigenvalue weighted by molar-refractivity contribution is 9.10. The Labute approximate surface area is 133 Å². The van der Waals surface area contributed by atoms with Crippen molar-refractivity contribution in [1.82, 2.24) is 0 Å². The number of aromatic carboxylic acids is 1. The second-order valence-corrected chi connectivity index (χ2v) is 5.12. The van der Waals surface area contributed by atoms with Gasteiger partial charge >= 0.3 is 5.97 Å². The number of halogens is 2. The topological polar surface area (TPSA) is 75.6 Å². The number of carboxylic acids is 1. The van der Waals surface area contributed by atoms with E-state index in [4.69, 9.17) is 9.84 Å². The number of hydrogen-bond donors (Lipinski definition) is 2. The Hall–Kier alpha value is -2.41. The normalized spacial score (nSPS) is 10.1. The van der Waals surface area contributed by atoms with Crippen LogP contribution >= 0.6 is 15.9 Å². The van der Waals surface area contributed by atoms with Gasteiger partial charge < -0.3 is 15.2 Å². The first-order valence-electron chi connectivity index (χ1n) is 6.17. The van der Waals surface area contributed by atoms with Crippen molar-refractivity contribution in [3.8, 4) is 5.75 Å². The molecule has 0 saturated carbocycles. The van der Waals surface area contributed by atoms with Gasteiger partial charge in [-0.15, -0.1) is 0 Å². The zero-order valence-electron chi connectivity index (χ0n) is 11.2. The van der Waals surface area contributed by atoms with E-state index in [9.17, 15) is 14.0 Å². The van der Waals surface area contributed by atoms with Crippen LogP contribution in [0.15, 0.2) is 46.9 Å². The SMILES string of the molecule is O=C(COc1ccc(C(=O)O)cc1Br)Nc1ccccc1F. The molecule has 0 aliphatic rings. The predicted molar refractivity (Wildman–Crippen MR) is 81.6 cm³/mol. The van der Waals surface area contributed by atoms with Crippen LogP contribution in [-0.4, -0.2) is 23.6 Å². The molecule has 2 rings (SSSR count). The summed E-state index contributed by atoms with van der Waals surface area (Å²) in [6.45, 7) is -0.334. The van der Waals surface area contributed by atoms with Gasteiger partial charge in [-0.3, -0.25) is 4.79 Å². The van der Waals surface area contributed by atoms with Crippen LogP contribution in [0.4, 0.5) is 10.1 Å². The van der Waals surface area contributed by atoms with Gasteiger partial charge in [0.2, 0.25) is 0 Å². The maximum Gasteiger partial charge on any atom is 0.335 e. The van der Waals surface area contributed by atoms with Crippen LogP contribution in [0, 0.1) is 5.82 Å². The van der Waals surface area contributed by atoms with Gasteiger partial charge in [0, 0.05) is 0 Å². The lowest BCUT2D eigenvalue weighted by Crippen LogP contribution is -2.20. The fourth-order valence-electron chi connectivity index (χ4n) is 1.64. The molecule has 0 unspecified atom stereocenters. The van der Waals surface area contributed by atoms with E-state index in [0.717, 1.165) is 0 Å². The minimum atomic E-state index is -1.07. The van der Waals surface area contributed by atoms with Crippen molar-refractivity contribution in [2.75, 3.05) is 11.9 Å². The van der Waals surface area contributed by atoms with E-state index in [1.807, 2.05) is 0 Å². The molecule has 0 aliphatic carbocycles. The number of rotatable bonds is 5. The number of carbonyl (C=O) groups excluding carboxylic acids is 1. The van der Waals surface area contributed by atoms with Gasteiger partial charge in [0.25, 0.3) is 5.91 Å². The lowest BCUT2D eigenvalue weighted by atomic mass is 10.2. The highest BCUT2D eigenvalue weighted by Crippen LogP contribution is 2.26. The van der Waals surface area contributed by atoms with Crippen molar-refractivity contribution < 1.29 is 23.8 Å². The third kappa shape index (κ3) is 4.05. The number of ether oxygens (including phenoxy) is 1. The van der Waals surface area contributed by atoms with E-state index in [1.165, 1.54) is 36.4 Å². The summed E-state index contributed by atoms with van der Waals surface area (Å²) in [5.41, 5.74) is 0.159. The summed E-state index contributed by atoms with van der Waals surface area (Å²) in [5, 5.41) is 11.2. The van der Waals surface area contributed by atoms with Crippen molar-refractivity contribution >= 4 is 33.5 Å². The average molecular weight is 368 g/mol. The monoisotopic (exact) mass is 367 g/mol. The molecule has 0 bridgehead atoms. The van der Waals surface area contributed by atoms with Crippen LogP contribution in [-0.2, 0) is 4.79 Å². The van der Waals surface area contributed by atoms with Crippen LogP contribution in [0.2, 0.25) is 0 Å². The first-order valence-corrected chi connectivity index (χ1v) is 6.96. The minimum Gasteiger partial charge on any atom is -0.483 e. The van der Waals surface area contributed by atoms with Crippen molar-refractivity contribution in [2.45, 2.75) is 0 Å². The molecule has 7 heteroatoms. The first kappa shape index (κ1) is 16.0. The molecule has 0 aliphatic heterocycles. The molecule has 114 valence electrons. The van der Waals surface area contributed by atoms with Gasteiger partial charge in [0.1, 0.15) is 11.6 Å². The summed E-state index contributed by atoms with van der Waals surface area (Å²) in [6.07, 6.45) is 0. The van der Waals surface area contributed by atoms with Gasteiger partial charge in [0.15, 0.2) is 6.61 Å². The van der Waals surface area contributed by atoms with Crippen LogP contribution in [0.3, 0.4) is 0 Å². The van der Waals surface area contributed by atoms with Gasteiger partial charge in [-0.1, -0.05) is 12.1 Å². The quantitative estimate of drug-likeness (QED) is 0.849. The van der Waals surface area contributed by atoms with E-state index in [-0.39, 0.29) is 17.9 Å². The number of para-hydroxylation sites is 1. The van der Waals surface area contributed by atoms with Crippen molar-refractivity contribution in [3.05, 3.63) is 58.3 Å². The second-order valence-electron chi connectivity index (χ2n) is 4.27. The molecule has 2 aromatic carbocycles. The fourth-order valence-corrected chi connectivity index (χ4v) is 2.14. The van der Waals surface area contributed by atoms with Gasteiger partial charge in [-0.25, -0.2) is 9.18 Å². The molecule has 0 spiro atoms. The molecule has 0 radical (unpaired) electrons. The third-order valence-electron chi connectivity index (χ3n) is 2.69. The summed E-state index contributed by atoms with van der Waals surface area (Å²) in [6, 6.07) is 9.94. The summed E-state index contributed by atoms with van der Waals surface area (Å²) in [5.74, 6) is -1.82. The Bertz CT molecular complexity index is 720. The van der Waals surface area contributed by atoms with E-state index in [0.29, 0.717) is 10.2 Å². The molecule has 5 nitrogen and oxygen atoms in total.